The van der Waals surface area contributed by atoms with Gasteiger partial charge in [-0.15, -0.1) is 0 Å². The van der Waals surface area contributed by atoms with Crippen molar-refractivity contribution in [1.29, 1.82) is 0 Å². The molecule has 0 aliphatic heterocycles. The van der Waals surface area contributed by atoms with Crippen LogP contribution in [0.4, 0.5) is 0 Å². The SMILES string of the molecule is CCOC[C@@H](CNC(=O)CCC(C)C)OC=O. The summed E-state index contributed by atoms with van der Waals surface area (Å²) in [5.74, 6) is 0.487. The monoisotopic (exact) mass is 245 g/mol. The van der Waals surface area contributed by atoms with Gasteiger partial charge >= 0.3 is 0 Å². The highest BCUT2D eigenvalue weighted by molar-refractivity contribution is 5.75. The van der Waals surface area contributed by atoms with Crippen LogP contribution in [0.3, 0.4) is 0 Å². The van der Waals surface area contributed by atoms with Gasteiger partial charge in [0, 0.05) is 13.0 Å². The summed E-state index contributed by atoms with van der Waals surface area (Å²) in [4.78, 5) is 21.7. The second-order valence-corrected chi connectivity index (χ2v) is 4.25. The van der Waals surface area contributed by atoms with Crippen molar-refractivity contribution in [3.05, 3.63) is 0 Å². The van der Waals surface area contributed by atoms with Crippen molar-refractivity contribution in [3.63, 3.8) is 0 Å². The Balaban J connectivity index is 3.77. The summed E-state index contributed by atoms with van der Waals surface area (Å²) in [5, 5.41) is 2.73. The van der Waals surface area contributed by atoms with Gasteiger partial charge in [-0.25, -0.2) is 0 Å². The lowest BCUT2D eigenvalue weighted by Crippen LogP contribution is -2.36. The fraction of sp³-hybridized carbons (Fsp3) is 0.833. The van der Waals surface area contributed by atoms with Crippen molar-refractivity contribution in [2.24, 2.45) is 5.92 Å². The molecule has 0 saturated heterocycles. The molecule has 0 rings (SSSR count). The average Bonchev–Trinajstić information content (AvgIpc) is 2.30. The number of hydrogen-bond donors (Lipinski definition) is 1. The second kappa shape index (κ2) is 10.1. The van der Waals surface area contributed by atoms with Crippen molar-refractivity contribution in [2.45, 2.75) is 39.7 Å². The van der Waals surface area contributed by atoms with Gasteiger partial charge in [0.25, 0.3) is 6.47 Å². The lowest BCUT2D eigenvalue weighted by molar-refractivity contribution is -0.137. The molecule has 0 aliphatic rings. The zero-order valence-corrected chi connectivity index (χ0v) is 10.9. The molecule has 0 aromatic rings. The number of hydrogen-bond acceptors (Lipinski definition) is 4. The van der Waals surface area contributed by atoms with E-state index in [-0.39, 0.29) is 5.91 Å². The van der Waals surface area contributed by atoms with Gasteiger partial charge < -0.3 is 14.8 Å². The summed E-state index contributed by atoms with van der Waals surface area (Å²) in [7, 11) is 0. The summed E-state index contributed by atoms with van der Waals surface area (Å²) in [5.41, 5.74) is 0. The number of ether oxygens (including phenoxy) is 2. The van der Waals surface area contributed by atoms with E-state index < -0.39 is 6.10 Å². The van der Waals surface area contributed by atoms with Crippen molar-refractivity contribution in [1.82, 2.24) is 5.32 Å². The van der Waals surface area contributed by atoms with Gasteiger partial charge in [0.1, 0.15) is 6.10 Å². The zero-order valence-electron chi connectivity index (χ0n) is 10.9. The van der Waals surface area contributed by atoms with Crippen LogP contribution in [0, 0.1) is 5.92 Å². The maximum absolute atomic E-state index is 11.4. The van der Waals surface area contributed by atoms with Gasteiger partial charge in [0.15, 0.2) is 0 Å². The van der Waals surface area contributed by atoms with Crippen molar-refractivity contribution in [2.75, 3.05) is 19.8 Å². The molecule has 0 heterocycles. The van der Waals surface area contributed by atoms with Gasteiger partial charge in [-0.1, -0.05) is 13.8 Å². The van der Waals surface area contributed by atoms with E-state index in [1.165, 1.54) is 0 Å². The van der Waals surface area contributed by atoms with E-state index in [2.05, 4.69) is 19.2 Å². The maximum atomic E-state index is 11.4. The topological polar surface area (TPSA) is 64.6 Å². The first kappa shape index (κ1) is 15.9. The molecule has 1 amide bonds. The van der Waals surface area contributed by atoms with Crippen LogP contribution in [0.25, 0.3) is 0 Å². The van der Waals surface area contributed by atoms with E-state index in [1.54, 1.807) is 0 Å². The highest BCUT2D eigenvalue weighted by atomic mass is 16.6. The van der Waals surface area contributed by atoms with Crippen LogP contribution < -0.4 is 5.32 Å². The van der Waals surface area contributed by atoms with Crippen LogP contribution in [-0.2, 0) is 19.1 Å². The Labute approximate surface area is 103 Å². The number of carbonyl (C=O) groups excluding carboxylic acids is 2. The van der Waals surface area contributed by atoms with Crippen LogP contribution in [0.5, 0.6) is 0 Å². The lowest BCUT2D eigenvalue weighted by Gasteiger charge is -2.15. The Morgan fingerprint density at radius 2 is 2.12 bits per heavy atom. The Bertz CT molecular complexity index is 219. The van der Waals surface area contributed by atoms with Gasteiger partial charge in [0.05, 0.1) is 13.2 Å². The third kappa shape index (κ3) is 9.81. The number of amides is 1. The second-order valence-electron chi connectivity index (χ2n) is 4.25. The number of rotatable bonds is 10. The van der Waals surface area contributed by atoms with Crippen molar-refractivity contribution >= 4 is 12.4 Å². The fourth-order valence-electron chi connectivity index (χ4n) is 1.21. The summed E-state index contributed by atoms with van der Waals surface area (Å²) in [6.07, 6.45) is 0.951. The van der Waals surface area contributed by atoms with E-state index in [0.717, 1.165) is 6.42 Å². The molecular weight excluding hydrogens is 222 g/mol. The molecule has 0 spiro atoms. The van der Waals surface area contributed by atoms with E-state index >= 15 is 0 Å². The van der Waals surface area contributed by atoms with E-state index in [1.807, 2.05) is 6.92 Å². The summed E-state index contributed by atoms with van der Waals surface area (Å²) >= 11 is 0. The molecule has 1 N–H and O–H groups in total. The average molecular weight is 245 g/mol. The largest absolute Gasteiger partial charge is 0.460 e. The Kier molecular flexibility index (Phi) is 9.43. The highest BCUT2D eigenvalue weighted by Crippen LogP contribution is 2.02. The zero-order chi connectivity index (χ0) is 13.1. The molecule has 0 aromatic carbocycles. The van der Waals surface area contributed by atoms with Crippen molar-refractivity contribution < 1.29 is 19.1 Å². The van der Waals surface area contributed by atoms with Crippen LogP contribution in [0.15, 0.2) is 0 Å². The lowest BCUT2D eigenvalue weighted by atomic mass is 10.1. The number of nitrogens with one attached hydrogen (secondary N) is 1. The first-order chi connectivity index (χ1) is 8.10. The van der Waals surface area contributed by atoms with E-state index in [9.17, 15) is 9.59 Å². The Morgan fingerprint density at radius 3 is 2.65 bits per heavy atom. The first-order valence-corrected chi connectivity index (χ1v) is 6.03. The van der Waals surface area contributed by atoms with E-state index in [0.29, 0.717) is 38.6 Å². The van der Waals surface area contributed by atoms with Gasteiger partial charge in [-0.3, -0.25) is 9.59 Å². The van der Waals surface area contributed by atoms with Gasteiger partial charge in [-0.2, -0.15) is 0 Å². The van der Waals surface area contributed by atoms with Crippen LogP contribution in [-0.4, -0.2) is 38.2 Å². The van der Waals surface area contributed by atoms with Gasteiger partial charge in [-0.05, 0) is 19.3 Å². The minimum Gasteiger partial charge on any atom is -0.460 e. The third-order valence-electron chi connectivity index (χ3n) is 2.23. The highest BCUT2D eigenvalue weighted by Gasteiger charge is 2.11. The molecule has 100 valence electrons. The molecule has 17 heavy (non-hydrogen) atoms. The van der Waals surface area contributed by atoms with Crippen LogP contribution in [0.2, 0.25) is 0 Å². The first-order valence-electron chi connectivity index (χ1n) is 6.03. The summed E-state index contributed by atoms with van der Waals surface area (Å²) in [6.45, 7) is 7.54. The molecule has 0 fully saturated rings. The smallest absolute Gasteiger partial charge is 0.293 e. The van der Waals surface area contributed by atoms with E-state index in [4.69, 9.17) is 9.47 Å². The van der Waals surface area contributed by atoms with Gasteiger partial charge in [0.2, 0.25) is 5.91 Å². The third-order valence-corrected chi connectivity index (χ3v) is 2.23. The molecule has 0 aliphatic carbocycles. The number of carbonyl (C=O) groups is 2. The normalized spacial score (nSPS) is 12.2. The Hall–Kier alpha value is -1.10. The molecule has 5 heteroatoms. The maximum Gasteiger partial charge on any atom is 0.293 e. The predicted molar refractivity (Wildman–Crippen MR) is 64.5 cm³/mol. The minimum absolute atomic E-state index is 0.0188. The molecule has 0 radical (unpaired) electrons. The quantitative estimate of drug-likeness (QED) is 0.586. The predicted octanol–water partition coefficient (Wildman–Crippen LogP) is 1.12. The summed E-state index contributed by atoms with van der Waals surface area (Å²) < 4.78 is 9.94. The molecule has 1 atom stereocenters. The Morgan fingerprint density at radius 1 is 1.41 bits per heavy atom. The summed E-state index contributed by atoms with van der Waals surface area (Å²) in [6, 6.07) is 0. The molecular formula is C12H23NO4. The molecule has 0 bridgehead atoms. The van der Waals surface area contributed by atoms with Crippen LogP contribution in [0.1, 0.15) is 33.6 Å². The van der Waals surface area contributed by atoms with Crippen molar-refractivity contribution in [3.8, 4) is 0 Å². The fourth-order valence-corrected chi connectivity index (χ4v) is 1.21. The molecule has 5 nitrogen and oxygen atoms in total. The molecule has 0 aromatic heterocycles. The van der Waals surface area contributed by atoms with Crippen LogP contribution >= 0.6 is 0 Å². The standard InChI is InChI=1S/C12H23NO4/c1-4-16-8-11(17-9-14)7-13-12(15)6-5-10(2)3/h9-11H,4-8H2,1-3H3,(H,13,15)/t11-/m1/s1. The molecule has 0 saturated carbocycles. The molecule has 0 unspecified atom stereocenters. The minimum atomic E-state index is -0.407.